The van der Waals surface area contributed by atoms with Crippen molar-refractivity contribution in [1.82, 2.24) is 16.0 Å². The molecule has 3 N–H and O–H groups in total. The van der Waals surface area contributed by atoms with Crippen LogP contribution in [0.5, 0.6) is 0 Å². The van der Waals surface area contributed by atoms with E-state index in [2.05, 4.69) is 16.0 Å². The van der Waals surface area contributed by atoms with Gasteiger partial charge in [-0.15, -0.1) is 0 Å². The lowest BCUT2D eigenvalue weighted by molar-refractivity contribution is -0.146. The molecule has 122 valence electrons. The number of hydrogen-bond acceptors (Lipinski definition) is 5. The minimum atomic E-state index is -0.758. The van der Waals surface area contributed by atoms with E-state index in [1.54, 1.807) is 0 Å². The number of hydrogen-bond donors (Lipinski definition) is 3. The zero-order valence-corrected chi connectivity index (χ0v) is 12.8. The average Bonchev–Trinajstić information content (AvgIpc) is 3.17. The fourth-order valence-corrected chi connectivity index (χ4v) is 3.59. The van der Waals surface area contributed by atoms with E-state index in [0.29, 0.717) is 24.8 Å². The lowest BCUT2D eigenvalue weighted by Crippen LogP contribution is -2.51. The highest BCUT2D eigenvalue weighted by Crippen LogP contribution is 2.45. The molecule has 1 aliphatic carbocycles. The number of rotatable bonds is 5. The van der Waals surface area contributed by atoms with E-state index in [4.69, 9.17) is 4.74 Å². The topological polar surface area (TPSA) is 96.5 Å². The van der Waals surface area contributed by atoms with Crippen LogP contribution in [0.1, 0.15) is 25.7 Å². The summed E-state index contributed by atoms with van der Waals surface area (Å²) >= 11 is 0. The van der Waals surface area contributed by atoms with Crippen LogP contribution < -0.4 is 16.0 Å². The molecular formula is C15H23N3O4. The van der Waals surface area contributed by atoms with E-state index >= 15 is 0 Å². The minimum Gasteiger partial charge on any atom is -0.467 e. The molecule has 2 amide bonds. The van der Waals surface area contributed by atoms with Crippen LogP contribution in [0.25, 0.3) is 0 Å². The van der Waals surface area contributed by atoms with E-state index in [1.165, 1.54) is 7.11 Å². The second-order valence-corrected chi connectivity index (χ2v) is 6.50. The summed E-state index contributed by atoms with van der Waals surface area (Å²) in [6, 6.07) is -0.969. The summed E-state index contributed by atoms with van der Waals surface area (Å²) in [7, 11) is 1.30. The van der Waals surface area contributed by atoms with Gasteiger partial charge in [0.25, 0.3) is 0 Å². The average molecular weight is 309 g/mol. The molecule has 3 rings (SSSR count). The van der Waals surface area contributed by atoms with Crippen LogP contribution in [0.4, 0.5) is 0 Å². The smallest absolute Gasteiger partial charge is 0.328 e. The van der Waals surface area contributed by atoms with Gasteiger partial charge >= 0.3 is 5.97 Å². The summed E-state index contributed by atoms with van der Waals surface area (Å²) in [5, 5.41) is 8.77. The predicted octanol–water partition coefficient (Wildman–Crippen LogP) is -0.832. The van der Waals surface area contributed by atoms with E-state index in [0.717, 1.165) is 25.8 Å². The molecule has 2 heterocycles. The first-order valence-corrected chi connectivity index (χ1v) is 7.99. The number of amides is 2. The fourth-order valence-electron chi connectivity index (χ4n) is 3.59. The van der Waals surface area contributed by atoms with E-state index in [9.17, 15) is 14.4 Å². The van der Waals surface area contributed by atoms with Gasteiger partial charge in [0.15, 0.2) is 0 Å². The van der Waals surface area contributed by atoms with Crippen LogP contribution in [0.3, 0.4) is 0 Å². The SMILES string of the molecule is COC(=O)C(C[C@@H]1CCCNC1=O)NC(=O)[C@H]1NC[C@@H]2C[C@@H]21. The molecule has 0 spiro atoms. The molecule has 1 unspecified atom stereocenters. The molecule has 0 bridgehead atoms. The Kier molecular flexibility index (Phi) is 4.33. The number of nitrogens with one attached hydrogen (secondary N) is 3. The molecule has 0 aromatic rings. The zero-order valence-electron chi connectivity index (χ0n) is 12.8. The molecule has 3 aliphatic rings. The van der Waals surface area contributed by atoms with Gasteiger partial charge in [0, 0.05) is 12.5 Å². The Morgan fingerprint density at radius 3 is 2.86 bits per heavy atom. The van der Waals surface area contributed by atoms with Crippen LogP contribution in [0.2, 0.25) is 0 Å². The van der Waals surface area contributed by atoms with Crippen molar-refractivity contribution >= 4 is 17.8 Å². The summed E-state index contributed by atoms with van der Waals surface area (Å²) in [5.74, 6) is 0.0698. The summed E-state index contributed by atoms with van der Waals surface area (Å²) in [4.78, 5) is 36.2. The van der Waals surface area contributed by atoms with Crippen LogP contribution in [-0.4, -0.2) is 50.1 Å². The standard InChI is InChI=1S/C15H23N3O4/c1-22-15(21)11(6-8-3-2-4-16-13(8)19)18-14(20)12-10-5-9(10)7-17-12/h8-12,17H,2-7H2,1H3,(H,16,19)(H,18,20)/t8-,9-,10-,11?,12-/m0/s1. The third-order valence-electron chi connectivity index (χ3n) is 5.01. The van der Waals surface area contributed by atoms with Crippen molar-refractivity contribution in [2.75, 3.05) is 20.2 Å². The van der Waals surface area contributed by atoms with Crippen LogP contribution in [-0.2, 0) is 19.1 Å². The molecule has 0 aromatic heterocycles. The highest BCUT2D eigenvalue weighted by Gasteiger charge is 2.51. The maximum atomic E-state index is 12.4. The molecule has 1 saturated carbocycles. The fraction of sp³-hybridized carbons (Fsp3) is 0.800. The molecule has 3 fully saturated rings. The molecule has 0 radical (unpaired) electrons. The number of carbonyl (C=O) groups is 3. The van der Waals surface area contributed by atoms with Gasteiger partial charge in [-0.05, 0) is 44.1 Å². The van der Waals surface area contributed by atoms with Crippen LogP contribution in [0, 0.1) is 17.8 Å². The number of piperidine rings is 2. The second-order valence-electron chi connectivity index (χ2n) is 6.50. The Labute approximate surface area is 129 Å². The van der Waals surface area contributed by atoms with E-state index in [-0.39, 0.29) is 23.8 Å². The van der Waals surface area contributed by atoms with Gasteiger partial charge in [0.1, 0.15) is 6.04 Å². The quantitative estimate of drug-likeness (QED) is 0.576. The number of carbonyl (C=O) groups excluding carboxylic acids is 3. The van der Waals surface area contributed by atoms with Gasteiger partial charge in [-0.2, -0.15) is 0 Å². The molecule has 7 nitrogen and oxygen atoms in total. The molecule has 7 heteroatoms. The molecule has 0 aromatic carbocycles. The molecule has 2 saturated heterocycles. The Bertz CT molecular complexity index is 481. The normalized spacial score (nSPS) is 34.3. The highest BCUT2D eigenvalue weighted by atomic mass is 16.5. The predicted molar refractivity (Wildman–Crippen MR) is 77.7 cm³/mol. The first kappa shape index (κ1) is 15.3. The van der Waals surface area contributed by atoms with Gasteiger partial charge in [-0.1, -0.05) is 0 Å². The second kappa shape index (κ2) is 6.24. The molecular weight excluding hydrogens is 286 g/mol. The maximum Gasteiger partial charge on any atom is 0.328 e. The third-order valence-corrected chi connectivity index (χ3v) is 5.01. The Morgan fingerprint density at radius 2 is 2.27 bits per heavy atom. The third kappa shape index (κ3) is 3.09. The highest BCUT2D eigenvalue weighted by molar-refractivity contribution is 5.89. The van der Waals surface area contributed by atoms with Gasteiger partial charge in [0.05, 0.1) is 13.2 Å². The van der Waals surface area contributed by atoms with Gasteiger partial charge in [-0.25, -0.2) is 4.79 Å². The first-order valence-electron chi connectivity index (χ1n) is 7.99. The van der Waals surface area contributed by atoms with Crippen molar-refractivity contribution in [2.45, 2.75) is 37.8 Å². The monoisotopic (exact) mass is 309 g/mol. The number of fused-ring (bicyclic) bond motifs is 1. The maximum absolute atomic E-state index is 12.4. The lowest BCUT2D eigenvalue weighted by atomic mass is 9.91. The largest absolute Gasteiger partial charge is 0.467 e. The summed E-state index contributed by atoms with van der Waals surface area (Å²) in [5.41, 5.74) is 0. The van der Waals surface area contributed by atoms with Gasteiger partial charge in [-0.3, -0.25) is 9.59 Å². The van der Waals surface area contributed by atoms with Crippen molar-refractivity contribution in [3.63, 3.8) is 0 Å². The van der Waals surface area contributed by atoms with Crippen LogP contribution in [0.15, 0.2) is 0 Å². The lowest BCUT2D eigenvalue weighted by Gasteiger charge is -2.26. The summed E-state index contributed by atoms with van der Waals surface area (Å²) in [6.07, 6.45) is 3.01. The van der Waals surface area contributed by atoms with Crippen molar-refractivity contribution < 1.29 is 19.1 Å². The van der Waals surface area contributed by atoms with E-state index < -0.39 is 12.0 Å². The Hall–Kier alpha value is -1.63. The zero-order chi connectivity index (χ0) is 15.7. The minimum absolute atomic E-state index is 0.0457. The number of methoxy groups -OCH3 is 1. The van der Waals surface area contributed by atoms with Crippen LogP contribution >= 0.6 is 0 Å². The van der Waals surface area contributed by atoms with Crippen molar-refractivity contribution in [1.29, 1.82) is 0 Å². The van der Waals surface area contributed by atoms with Gasteiger partial charge < -0.3 is 20.7 Å². The Balaban J connectivity index is 1.60. The molecule has 2 aliphatic heterocycles. The molecule has 5 atom stereocenters. The number of ether oxygens (including phenoxy) is 1. The summed E-state index contributed by atoms with van der Waals surface area (Å²) < 4.78 is 4.78. The van der Waals surface area contributed by atoms with Crippen molar-refractivity contribution in [3.8, 4) is 0 Å². The van der Waals surface area contributed by atoms with Gasteiger partial charge in [0.2, 0.25) is 11.8 Å². The summed E-state index contributed by atoms with van der Waals surface area (Å²) in [6.45, 7) is 1.55. The molecule has 22 heavy (non-hydrogen) atoms. The van der Waals surface area contributed by atoms with Crippen molar-refractivity contribution in [3.05, 3.63) is 0 Å². The van der Waals surface area contributed by atoms with Crippen molar-refractivity contribution in [2.24, 2.45) is 17.8 Å². The Morgan fingerprint density at radius 1 is 1.45 bits per heavy atom. The first-order chi connectivity index (χ1) is 10.6. The van der Waals surface area contributed by atoms with E-state index in [1.807, 2.05) is 0 Å². The number of esters is 1.